The van der Waals surface area contributed by atoms with Crippen LogP contribution in [0.1, 0.15) is 5.69 Å². The summed E-state index contributed by atoms with van der Waals surface area (Å²) in [5.74, 6) is 0.484. The lowest BCUT2D eigenvalue weighted by atomic mass is 10.4. The zero-order chi connectivity index (χ0) is 11.1. The zero-order valence-corrected chi connectivity index (χ0v) is 8.82. The van der Waals surface area contributed by atoms with Crippen LogP contribution in [-0.4, -0.2) is 31.4 Å². The summed E-state index contributed by atoms with van der Waals surface area (Å²) >= 11 is 0. The number of amides is 1. The molecule has 0 atom stereocenters. The molecule has 0 unspecified atom stereocenters. The summed E-state index contributed by atoms with van der Waals surface area (Å²) in [6, 6.07) is 5.36. The van der Waals surface area contributed by atoms with Crippen molar-refractivity contribution in [3.63, 3.8) is 0 Å². The van der Waals surface area contributed by atoms with E-state index in [2.05, 4.69) is 10.3 Å². The van der Waals surface area contributed by atoms with Crippen molar-refractivity contribution in [1.82, 2.24) is 4.98 Å². The van der Waals surface area contributed by atoms with Gasteiger partial charge in [0.05, 0.1) is 6.61 Å². The van der Waals surface area contributed by atoms with Gasteiger partial charge >= 0.3 is 6.09 Å². The SMILES string of the molecule is COCCOC(=O)Nc1cccc(C)n1. The minimum absolute atomic E-state index is 0.230. The molecule has 0 aliphatic heterocycles. The van der Waals surface area contributed by atoms with Gasteiger partial charge in [0, 0.05) is 12.8 Å². The summed E-state index contributed by atoms with van der Waals surface area (Å²) in [5, 5.41) is 2.51. The number of anilines is 1. The lowest BCUT2D eigenvalue weighted by molar-refractivity contribution is 0.107. The number of carbonyl (C=O) groups excluding carboxylic acids is 1. The number of hydrogen-bond acceptors (Lipinski definition) is 4. The molecule has 1 aromatic heterocycles. The number of methoxy groups -OCH3 is 1. The second-order valence-electron chi connectivity index (χ2n) is 2.92. The molecule has 1 aromatic rings. The monoisotopic (exact) mass is 210 g/mol. The standard InChI is InChI=1S/C10H14N2O3/c1-8-4-3-5-9(11-8)12-10(13)15-7-6-14-2/h3-5H,6-7H2,1-2H3,(H,11,12,13). The molecule has 0 bridgehead atoms. The van der Waals surface area contributed by atoms with Gasteiger partial charge in [-0.3, -0.25) is 5.32 Å². The van der Waals surface area contributed by atoms with E-state index in [0.717, 1.165) is 5.69 Å². The van der Waals surface area contributed by atoms with E-state index in [0.29, 0.717) is 12.4 Å². The van der Waals surface area contributed by atoms with Crippen LogP contribution in [-0.2, 0) is 9.47 Å². The second kappa shape index (κ2) is 5.98. The average Bonchev–Trinajstić information content (AvgIpc) is 2.18. The molecule has 0 saturated heterocycles. The van der Waals surface area contributed by atoms with E-state index in [1.807, 2.05) is 19.1 Å². The molecular formula is C10H14N2O3. The maximum absolute atomic E-state index is 11.2. The van der Waals surface area contributed by atoms with Crippen LogP contribution in [0.4, 0.5) is 10.6 Å². The largest absolute Gasteiger partial charge is 0.447 e. The Balaban J connectivity index is 2.37. The fourth-order valence-corrected chi connectivity index (χ4v) is 0.971. The van der Waals surface area contributed by atoms with Crippen LogP contribution < -0.4 is 5.32 Å². The van der Waals surface area contributed by atoms with Crippen molar-refractivity contribution < 1.29 is 14.3 Å². The fraction of sp³-hybridized carbons (Fsp3) is 0.400. The molecule has 0 aliphatic rings. The highest BCUT2D eigenvalue weighted by atomic mass is 16.6. The molecule has 15 heavy (non-hydrogen) atoms. The van der Waals surface area contributed by atoms with Gasteiger partial charge in [0.15, 0.2) is 0 Å². The summed E-state index contributed by atoms with van der Waals surface area (Å²) in [4.78, 5) is 15.3. The highest BCUT2D eigenvalue weighted by Crippen LogP contribution is 2.03. The van der Waals surface area contributed by atoms with Crippen molar-refractivity contribution in [2.45, 2.75) is 6.92 Å². The van der Waals surface area contributed by atoms with Gasteiger partial charge < -0.3 is 9.47 Å². The molecule has 0 aliphatic carbocycles. The summed E-state index contributed by atoms with van der Waals surface area (Å²) in [6.07, 6.45) is -0.523. The summed E-state index contributed by atoms with van der Waals surface area (Å²) in [6.45, 7) is 2.46. The van der Waals surface area contributed by atoms with Crippen LogP contribution in [0.15, 0.2) is 18.2 Å². The number of hydrogen-bond donors (Lipinski definition) is 1. The normalized spacial score (nSPS) is 9.73. The lowest BCUT2D eigenvalue weighted by Gasteiger charge is -2.05. The van der Waals surface area contributed by atoms with E-state index in [1.165, 1.54) is 0 Å². The fourth-order valence-electron chi connectivity index (χ4n) is 0.971. The number of aromatic nitrogens is 1. The second-order valence-corrected chi connectivity index (χ2v) is 2.92. The topological polar surface area (TPSA) is 60.5 Å². The summed E-state index contributed by atoms with van der Waals surface area (Å²) in [7, 11) is 1.55. The van der Waals surface area contributed by atoms with Crippen LogP contribution in [0.5, 0.6) is 0 Å². The molecule has 1 amide bonds. The molecule has 5 heteroatoms. The highest BCUT2D eigenvalue weighted by molar-refractivity contribution is 5.83. The molecular weight excluding hydrogens is 196 g/mol. The third kappa shape index (κ3) is 4.42. The van der Waals surface area contributed by atoms with Crippen LogP contribution in [0.25, 0.3) is 0 Å². The average molecular weight is 210 g/mol. The molecule has 0 spiro atoms. The number of carbonyl (C=O) groups is 1. The quantitative estimate of drug-likeness (QED) is 0.766. The van der Waals surface area contributed by atoms with Crippen molar-refractivity contribution in [2.75, 3.05) is 25.6 Å². The molecule has 0 radical (unpaired) electrons. The molecule has 1 heterocycles. The van der Waals surface area contributed by atoms with Crippen LogP contribution in [0, 0.1) is 6.92 Å². The van der Waals surface area contributed by atoms with E-state index in [4.69, 9.17) is 9.47 Å². The Morgan fingerprint density at radius 2 is 2.27 bits per heavy atom. The third-order valence-corrected chi connectivity index (χ3v) is 1.64. The number of aryl methyl sites for hydroxylation is 1. The van der Waals surface area contributed by atoms with Gasteiger partial charge in [-0.2, -0.15) is 0 Å². The predicted octanol–water partition coefficient (Wildman–Crippen LogP) is 1.58. The van der Waals surface area contributed by atoms with Gasteiger partial charge in [-0.1, -0.05) is 6.07 Å². The van der Waals surface area contributed by atoms with Gasteiger partial charge in [-0.15, -0.1) is 0 Å². The Bertz CT molecular complexity index is 328. The van der Waals surface area contributed by atoms with Crippen molar-refractivity contribution in [3.05, 3.63) is 23.9 Å². The van der Waals surface area contributed by atoms with Crippen molar-refractivity contribution in [3.8, 4) is 0 Å². The number of rotatable bonds is 4. The Morgan fingerprint density at radius 3 is 2.93 bits per heavy atom. The first kappa shape index (κ1) is 11.5. The molecule has 1 rings (SSSR count). The molecule has 82 valence electrons. The van der Waals surface area contributed by atoms with Gasteiger partial charge in [0.25, 0.3) is 0 Å². The third-order valence-electron chi connectivity index (χ3n) is 1.64. The van der Waals surface area contributed by atoms with Crippen molar-refractivity contribution >= 4 is 11.9 Å². The Hall–Kier alpha value is -1.62. The summed E-state index contributed by atoms with van der Waals surface area (Å²) in [5.41, 5.74) is 0.838. The first-order valence-corrected chi connectivity index (χ1v) is 4.59. The maximum atomic E-state index is 11.2. The number of nitrogens with one attached hydrogen (secondary N) is 1. The Labute approximate surface area is 88.4 Å². The van der Waals surface area contributed by atoms with Gasteiger partial charge in [-0.05, 0) is 19.1 Å². The van der Waals surface area contributed by atoms with Crippen molar-refractivity contribution in [1.29, 1.82) is 0 Å². The van der Waals surface area contributed by atoms with Gasteiger partial charge in [-0.25, -0.2) is 9.78 Å². The van der Waals surface area contributed by atoms with E-state index < -0.39 is 6.09 Å². The van der Waals surface area contributed by atoms with E-state index >= 15 is 0 Å². The Kier molecular flexibility index (Phi) is 4.56. The first-order valence-electron chi connectivity index (χ1n) is 4.59. The minimum atomic E-state index is -0.523. The Morgan fingerprint density at radius 1 is 1.47 bits per heavy atom. The van der Waals surface area contributed by atoms with E-state index in [9.17, 15) is 4.79 Å². The summed E-state index contributed by atoms with van der Waals surface area (Å²) < 4.78 is 9.55. The molecule has 5 nitrogen and oxygen atoms in total. The van der Waals surface area contributed by atoms with Crippen LogP contribution in [0.3, 0.4) is 0 Å². The van der Waals surface area contributed by atoms with Crippen molar-refractivity contribution in [2.24, 2.45) is 0 Å². The smallest absolute Gasteiger partial charge is 0.412 e. The van der Waals surface area contributed by atoms with Crippen LogP contribution >= 0.6 is 0 Å². The van der Waals surface area contributed by atoms with Gasteiger partial charge in [0.1, 0.15) is 12.4 Å². The minimum Gasteiger partial charge on any atom is -0.447 e. The van der Waals surface area contributed by atoms with E-state index in [-0.39, 0.29) is 6.61 Å². The number of pyridine rings is 1. The highest BCUT2D eigenvalue weighted by Gasteiger charge is 2.03. The molecule has 0 saturated carbocycles. The predicted molar refractivity (Wildman–Crippen MR) is 55.8 cm³/mol. The molecule has 0 fully saturated rings. The number of ether oxygens (including phenoxy) is 2. The van der Waals surface area contributed by atoms with Crippen LogP contribution in [0.2, 0.25) is 0 Å². The number of nitrogens with zero attached hydrogens (tertiary/aromatic N) is 1. The molecule has 1 N–H and O–H groups in total. The van der Waals surface area contributed by atoms with E-state index in [1.54, 1.807) is 13.2 Å². The molecule has 0 aromatic carbocycles. The lowest BCUT2D eigenvalue weighted by Crippen LogP contribution is -2.17. The first-order chi connectivity index (χ1) is 7.22. The maximum Gasteiger partial charge on any atom is 0.412 e. The van der Waals surface area contributed by atoms with Gasteiger partial charge in [0.2, 0.25) is 0 Å². The zero-order valence-electron chi connectivity index (χ0n) is 8.82.